The maximum atomic E-state index is 13.4. The number of benzene rings is 1. The lowest BCUT2D eigenvalue weighted by Gasteiger charge is -2.30. The molecule has 2 rings (SSSR count). The van der Waals surface area contributed by atoms with Gasteiger partial charge in [0.2, 0.25) is 0 Å². The quantitative estimate of drug-likeness (QED) is 0.748. The van der Waals surface area contributed by atoms with E-state index in [0.29, 0.717) is 5.30 Å². The Kier molecular flexibility index (Phi) is 4.53. The molecular formula is C14H21FNP. The van der Waals surface area contributed by atoms with Crippen LogP contribution in [0.3, 0.4) is 0 Å². The van der Waals surface area contributed by atoms with Crippen molar-refractivity contribution in [2.75, 3.05) is 19.6 Å². The van der Waals surface area contributed by atoms with Crippen LogP contribution in [0.25, 0.3) is 0 Å². The normalized spacial score (nSPS) is 18.5. The first-order chi connectivity index (χ1) is 8.15. The molecule has 1 saturated heterocycles. The molecule has 0 bridgehead atoms. The van der Waals surface area contributed by atoms with Gasteiger partial charge in [-0.05, 0) is 49.9 Å². The van der Waals surface area contributed by atoms with Crippen LogP contribution in [0.5, 0.6) is 0 Å². The largest absolute Gasteiger partial charge is 0.303 e. The Bertz CT molecular complexity index is 372. The lowest BCUT2D eigenvalue weighted by Crippen LogP contribution is -2.34. The Balaban J connectivity index is 1.83. The van der Waals surface area contributed by atoms with Crippen LogP contribution in [-0.2, 0) is 6.42 Å². The monoisotopic (exact) mass is 253 g/mol. The molecule has 1 fully saturated rings. The molecule has 1 unspecified atom stereocenters. The first kappa shape index (κ1) is 13.0. The van der Waals surface area contributed by atoms with Gasteiger partial charge >= 0.3 is 0 Å². The minimum Gasteiger partial charge on any atom is -0.303 e. The predicted molar refractivity (Wildman–Crippen MR) is 74.3 cm³/mol. The van der Waals surface area contributed by atoms with Gasteiger partial charge in [-0.3, -0.25) is 0 Å². The molecule has 0 aliphatic carbocycles. The summed E-state index contributed by atoms with van der Waals surface area (Å²) in [6.07, 6.45) is 3.56. The van der Waals surface area contributed by atoms with Crippen LogP contribution < -0.4 is 5.30 Å². The van der Waals surface area contributed by atoms with Crippen LogP contribution in [0.2, 0.25) is 0 Å². The zero-order chi connectivity index (χ0) is 12.3. The highest BCUT2D eigenvalue weighted by Gasteiger charge is 2.15. The van der Waals surface area contributed by atoms with Gasteiger partial charge in [-0.2, -0.15) is 0 Å². The molecule has 0 saturated carbocycles. The smallest absolute Gasteiger partial charge is 0.130 e. The van der Waals surface area contributed by atoms with E-state index in [1.807, 2.05) is 12.1 Å². The summed E-state index contributed by atoms with van der Waals surface area (Å²) in [5.41, 5.74) is 1.10. The summed E-state index contributed by atoms with van der Waals surface area (Å²) in [5, 5.41) is 0.653. The summed E-state index contributed by atoms with van der Waals surface area (Å²) in [6, 6.07) is 5.53. The van der Waals surface area contributed by atoms with Gasteiger partial charge in [0.05, 0.1) is 0 Å². The molecule has 1 heterocycles. The summed E-state index contributed by atoms with van der Waals surface area (Å²) in [4.78, 5) is 2.49. The highest BCUT2D eigenvalue weighted by molar-refractivity contribution is 7.27. The van der Waals surface area contributed by atoms with Gasteiger partial charge in [0, 0.05) is 11.8 Å². The van der Waals surface area contributed by atoms with Gasteiger partial charge < -0.3 is 4.90 Å². The third kappa shape index (κ3) is 3.76. The van der Waals surface area contributed by atoms with Crippen molar-refractivity contribution >= 4 is 14.5 Å². The SMILES string of the molecule is CC1CCN(CCc2ccc(P)c(F)c2)CC1. The number of nitrogens with zero attached hydrogens (tertiary/aromatic N) is 1. The third-order valence-corrected chi connectivity index (χ3v) is 4.13. The van der Waals surface area contributed by atoms with Crippen LogP contribution in [0, 0.1) is 11.7 Å². The van der Waals surface area contributed by atoms with E-state index in [9.17, 15) is 4.39 Å². The molecule has 0 spiro atoms. The Morgan fingerprint density at radius 1 is 1.35 bits per heavy atom. The Morgan fingerprint density at radius 2 is 2.06 bits per heavy atom. The second-order valence-electron chi connectivity index (χ2n) is 5.13. The molecule has 1 atom stereocenters. The van der Waals surface area contributed by atoms with Crippen molar-refractivity contribution in [1.82, 2.24) is 4.90 Å². The molecule has 1 aliphatic heterocycles. The van der Waals surface area contributed by atoms with Gasteiger partial charge in [0.1, 0.15) is 5.82 Å². The molecule has 94 valence electrons. The highest BCUT2D eigenvalue weighted by atomic mass is 31.0. The molecule has 0 aromatic heterocycles. The maximum absolute atomic E-state index is 13.4. The third-order valence-electron chi connectivity index (χ3n) is 3.66. The number of rotatable bonds is 3. The number of likely N-dealkylation sites (tertiary alicyclic amines) is 1. The van der Waals surface area contributed by atoms with E-state index in [1.54, 1.807) is 6.07 Å². The van der Waals surface area contributed by atoms with E-state index >= 15 is 0 Å². The lowest BCUT2D eigenvalue weighted by molar-refractivity contribution is 0.194. The van der Waals surface area contributed by atoms with E-state index in [0.717, 1.165) is 24.4 Å². The minimum atomic E-state index is -0.111. The minimum absolute atomic E-state index is 0.111. The average Bonchev–Trinajstić information content (AvgIpc) is 2.33. The fraction of sp³-hybridized carbons (Fsp3) is 0.571. The van der Waals surface area contributed by atoms with Crippen molar-refractivity contribution in [1.29, 1.82) is 0 Å². The Hall–Kier alpha value is -0.460. The maximum Gasteiger partial charge on any atom is 0.130 e. The van der Waals surface area contributed by atoms with E-state index in [2.05, 4.69) is 21.1 Å². The topological polar surface area (TPSA) is 3.24 Å². The molecule has 0 N–H and O–H groups in total. The molecule has 0 radical (unpaired) electrons. The summed E-state index contributed by atoms with van der Waals surface area (Å²) >= 11 is 0. The summed E-state index contributed by atoms with van der Waals surface area (Å²) in [6.45, 7) is 5.78. The number of halogens is 1. The van der Waals surface area contributed by atoms with Gasteiger partial charge in [-0.15, -0.1) is 9.24 Å². The molecule has 1 aromatic rings. The van der Waals surface area contributed by atoms with Crippen molar-refractivity contribution in [2.24, 2.45) is 5.92 Å². The van der Waals surface area contributed by atoms with E-state index in [-0.39, 0.29) is 5.82 Å². The van der Waals surface area contributed by atoms with Crippen molar-refractivity contribution in [2.45, 2.75) is 26.2 Å². The fourth-order valence-corrected chi connectivity index (χ4v) is 2.48. The Morgan fingerprint density at radius 3 is 2.71 bits per heavy atom. The summed E-state index contributed by atoms with van der Waals surface area (Å²) < 4.78 is 13.4. The molecule has 17 heavy (non-hydrogen) atoms. The van der Waals surface area contributed by atoms with E-state index in [1.165, 1.54) is 25.9 Å². The first-order valence-corrected chi connectivity index (χ1v) is 6.99. The first-order valence-electron chi connectivity index (χ1n) is 6.41. The van der Waals surface area contributed by atoms with Crippen molar-refractivity contribution in [3.63, 3.8) is 0 Å². The van der Waals surface area contributed by atoms with Gasteiger partial charge in [0.25, 0.3) is 0 Å². The summed E-state index contributed by atoms with van der Waals surface area (Å²) in [7, 11) is 2.42. The lowest BCUT2D eigenvalue weighted by atomic mass is 9.99. The van der Waals surface area contributed by atoms with Gasteiger partial charge in [-0.1, -0.05) is 19.1 Å². The molecular weight excluding hydrogens is 232 g/mol. The fourth-order valence-electron chi connectivity index (χ4n) is 2.30. The second kappa shape index (κ2) is 5.93. The number of hydrogen-bond acceptors (Lipinski definition) is 1. The van der Waals surface area contributed by atoms with Crippen LogP contribution in [0.4, 0.5) is 4.39 Å². The highest BCUT2D eigenvalue weighted by Crippen LogP contribution is 2.16. The van der Waals surface area contributed by atoms with Crippen molar-refractivity contribution in [3.05, 3.63) is 29.6 Å². The van der Waals surface area contributed by atoms with Crippen molar-refractivity contribution < 1.29 is 4.39 Å². The number of hydrogen-bond donors (Lipinski definition) is 0. The number of piperidine rings is 1. The standard InChI is InChI=1S/C14H21FNP/c1-11-4-7-16(8-5-11)9-6-12-2-3-14(17)13(15)10-12/h2-3,10-11H,4-9,17H2,1H3. The average molecular weight is 253 g/mol. The molecule has 1 nitrogen and oxygen atoms in total. The molecule has 1 aromatic carbocycles. The van der Waals surface area contributed by atoms with Crippen molar-refractivity contribution in [3.8, 4) is 0 Å². The van der Waals surface area contributed by atoms with Crippen LogP contribution >= 0.6 is 9.24 Å². The van der Waals surface area contributed by atoms with Crippen LogP contribution in [0.15, 0.2) is 18.2 Å². The van der Waals surface area contributed by atoms with Crippen LogP contribution in [0.1, 0.15) is 25.3 Å². The molecule has 1 aliphatic rings. The predicted octanol–water partition coefficient (Wildman–Crippen LogP) is 2.60. The van der Waals surface area contributed by atoms with Gasteiger partial charge in [-0.25, -0.2) is 4.39 Å². The second-order valence-corrected chi connectivity index (χ2v) is 5.75. The zero-order valence-electron chi connectivity index (χ0n) is 10.5. The van der Waals surface area contributed by atoms with Crippen LogP contribution in [-0.4, -0.2) is 24.5 Å². The van der Waals surface area contributed by atoms with E-state index < -0.39 is 0 Å². The summed E-state index contributed by atoms with van der Waals surface area (Å²) in [5.74, 6) is 0.764. The Labute approximate surface area is 106 Å². The zero-order valence-corrected chi connectivity index (χ0v) is 11.6. The van der Waals surface area contributed by atoms with Gasteiger partial charge in [0.15, 0.2) is 0 Å². The molecule has 3 heteroatoms. The van der Waals surface area contributed by atoms with E-state index in [4.69, 9.17) is 0 Å². The molecule has 0 amide bonds.